The van der Waals surface area contributed by atoms with E-state index in [0.717, 1.165) is 5.56 Å². The number of benzene rings is 1. The fourth-order valence-corrected chi connectivity index (χ4v) is 3.42. The van der Waals surface area contributed by atoms with Gasteiger partial charge in [-0.15, -0.1) is 0 Å². The highest BCUT2D eigenvalue weighted by Crippen LogP contribution is 2.18. The predicted molar refractivity (Wildman–Crippen MR) is 81.3 cm³/mol. The van der Waals surface area contributed by atoms with E-state index >= 15 is 0 Å². The molecule has 0 spiro atoms. The van der Waals surface area contributed by atoms with Crippen LogP contribution in [0.2, 0.25) is 0 Å². The van der Waals surface area contributed by atoms with Gasteiger partial charge >= 0.3 is 0 Å². The van der Waals surface area contributed by atoms with Crippen molar-refractivity contribution in [3.05, 3.63) is 23.8 Å². The van der Waals surface area contributed by atoms with Crippen molar-refractivity contribution in [2.24, 2.45) is 0 Å². The van der Waals surface area contributed by atoms with Crippen molar-refractivity contribution in [2.75, 3.05) is 34.6 Å². The number of carbonyl (C=O) groups is 1. The van der Waals surface area contributed by atoms with Crippen LogP contribution >= 0.6 is 11.8 Å². The number of carbonyl (C=O) groups excluding carboxylic acids is 1. The van der Waals surface area contributed by atoms with Crippen molar-refractivity contribution in [3.63, 3.8) is 0 Å². The van der Waals surface area contributed by atoms with E-state index in [9.17, 15) is 13.2 Å². The van der Waals surface area contributed by atoms with Gasteiger partial charge in [0.05, 0.1) is 11.5 Å². The van der Waals surface area contributed by atoms with Gasteiger partial charge in [0.15, 0.2) is 0 Å². The van der Waals surface area contributed by atoms with E-state index in [0.29, 0.717) is 17.1 Å². The predicted octanol–water partition coefficient (Wildman–Crippen LogP) is 1.29. The van der Waals surface area contributed by atoms with Gasteiger partial charge in [-0.3, -0.25) is 4.79 Å². The highest BCUT2D eigenvalue weighted by atomic mass is 32.2. The first kappa shape index (κ1) is 15.8. The maximum Gasteiger partial charge on any atom is 0.234 e. The van der Waals surface area contributed by atoms with Gasteiger partial charge in [0, 0.05) is 23.4 Å². The zero-order valence-electron chi connectivity index (χ0n) is 11.0. The van der Waals surface area contributed by atoms with E-state index in [1.807, 2.05) is 13.0 Å². The summed E-state index contributed by atoms with van der Waals surface area (Å²) in [7, 11) is -2.96. The highest BCUT2D eigenvalue weighted by molar-refractivity contribution is 8.01. The molecule has 0 fully saturated rings. The van der Waals surface area contributed by atoms with E-state index < -0.39 is 9.84 Å². The summed E-state index contributed by atoms with van der Waals surface area (Å²) in [6, 6.07) is 5.31. The van der Waals surface area contributed by atoms with Crippen molar-refractivity contribution in [2.45, 2.75) is 6.92 Å². The van der Waals surface area contributed by atoms with E-state index in [-0.39, 0.29) is 17.4 Å². The summed E-state index contributed by atoms with van der Waals surface area (Å²) in [5.41, 5.74) is 7.86. The number of nitrogens with one attached hydrogen (secondary N) is 1. The van der Waals surface area contributed by atoms with Gasteiger partial charge in [0.1, 0.15) is 9.84 Å². The Balaban J connectivity index is 2.41. The Morgan fingerprint density at radius 2 is 2.11 bits per heavy atom. The summed E-state index contributed by atoms with van der Waals surface area (Å²) in [6.07, 6.45) is 1.18. The summed E-state index contributed by atoms with van der Waals surface area (Å²) in [6.45, 7) is 1.88. The minimum Gasteiger partial charge on any atom is -0.399 e. The van der Waals surface area contributed by atoms with Crippen LogP contribution in [-0.2, 0) is 14.6 Å². The van der Waals surface area contributed by atoms with Crippen LogP contribution < -0.4 is 11.1 Å². The van der Waals surface area contributed by atoms with Gasteiger partial charge in [-0.25, -0.2) is 8.42 Å². The number of thioether (sulfide) groups is 1. The number of anilines is 2. The molecule has 0 heterocycles. The lowest BCUT2D eigenvalue weighted by Gasteiger charge is -2.09. The van der Waals surface area contributed by atoms with Crippen LogP contribution in [0, 0.1) is 6.92 Å². The number of hydrogen-bond donors (Lipinski definition) is 2. The quantitative estimate of drug-likeness (QED) is 0.610. The Kier molecular flexibility index (Phi) is 5.68. The molecule has 0 aliphatic rings. The molecule has 0 atom stereocenters. The molecule has 0 aliphatic carbocycles. The monoisotopic (exact) mass is 302 g/mol. The average Bonchev–Trinajstić information content (AvgIpc) is 2.28. The number of sulfone groups is 1. The van der Waals surface area contributed by atoms with E-state index in [2.05, 4.69) is 5.32 Å². The standard InChI is InChI=1S/C12H18N2O3S2/c1-9-3-4-10(13)7-11(9)14-12(15)8-18-5-6-19(2,16)17/h3-4,7H,5-6,8,13H2,1-2H3,(H,14,15). The van der Waals surface area contributed by atoms with Crippen LogP contribution in [-0.4, -0.2) is 37.8 Å². The molecule has 0 saturated heterocycles. The van der Waals surface area contributed by atoms with Gasteiger partial charge in [0.2, 0.25) is 5.91 Å². The van der Waals surface area contributed by atoms with Gasteiger partial charge < -0.3 is 11.1 Å². The molecule has 19 heavy (non-hydrogen) atoms. The summed E-state index contributed by atoms with van der Waals surface area (Å²) >= 11 is 1.30. The third-order valence-electron chi connectivity index (χ3n) is 2.37. The molecule has 0 saturated carbocycles. The number of rotatable bonds is 6. The van der Waals surface area contributed by atoms with Gasteiger partial charge in [-0.2, -0.15) is 11.8 Å². The second kappa shape index (κ2) is 6.81. The zero-order valence-corrected chi connectivity index (χ0v) is 12.6. The molecular formula is C12H18N2O3S2. The molecule has 106 valence electrons. The topological polar surface area (TPSA) is 89.3 Å². The smallest absolute Gasteiger partial charge is 0.234 e. The molecule has 0 aliphatic heterocycles. The van der Waals surface area contributed by atoms with Crippen LogP contribution in [0.3, 0.4) is 0 Å². The summed E-state index contributed by atoms with van der Waals surface area (Å²) in [5, 5.41) is 2.76. The molecule has 1 aromatic carbocycles. The van der Waals surface area contributed by atoms with Crippen molar-refractivity contribution in [1.82, 2.24) is 0 Å². The lowest BCUT2D eigenvalue weighted by molar-refractivity contribution is -0.113. The number of nitrogen functional groups attached to an aromatic ring is 1. The van der Waals surface area contributed by atoms with Crippen molar-refractivity contribution in [3.8, 4) is 0 Å². The highest BCUT2D eigenvalue weighted by Gasteiger charge is 2.07. The Hall–Kier alpha value is -1.21. The molecule has 1 rings (SSSR count). The minimum atomic E-state index is -2.96. The molecule has 0 radical (unpaired) electrons. The number of hydrogen-bond acceptors (Lipinski definition) is 5. The van der Waals surface area contributed by atoms with Crippen LogP contribution in [0.4, 0.5) is 11.4 Å². The summed E-state index contributed by atoms with van der Waals surface area (Å²) in [4.78, 5) is 11.7. The first-order chi connectivity index (χ1) is 8.78. The molecule has 5 nitrogen and oxygen atoms in total. The minimum absolute atomic E-state index is 0.0856. The molecule has 1 aromatic rings. The SMILES string of the molecule is Cc1ccc(N)cc1NC(=O)CSCCS(C)(=O)=O. The Bertz CT molecular complexity index is 556. The zero-order chi connectivity index (χ0) is 14.5. The fourth-order valence-electron chi connectivity index (χ4n) is 1.34. The van der Waals surface area contributed by atoms with Gasteiger partial charge in [0.25, 0.3) is 0 Å². The number of nitrogens with two attached hydrogens (primary N) is 1. The Morgan fingerprint density at radius 1 is 1.42 bits per heavy atom. The summed E-state index contributed by atoms with van der Waals surface area (Å²) < 4.78 is 21.8. The van der Waals surface area contributed by atoms with Crippen LogP contribution in [0.1, 0.15) is 5.56 Å². The largest absolute Gasteiger partial charge is 0.399 e. The summed E-state index contributed by atoms with van der Waals surface area (Å²) in [5.74, 6) is 0.570. The maximum atomic E-state index is 11.7. The molecule has 0 aromatic heterocycles. The average molecular weight is 302 g/mol. The van der Waals surface area contributed by atoms with Gasteiger partial charge in [-0.1, -0.05) is 6.07 Å². The second-order valence-electron chi connectivity index (χ2n) is 4.30. The van der Waals surface area contributed by atoms with Crippen molar-refractivity contribution < 1.29 is 13.2 Å². The lowest BCUT2D eigenvalue weighted by Crippen LogP contribution is -2.16. The van der Waals surface area contributed by atoms with Crippen molar-refractivity contribution in [1.29, 1.82) is 0 Å². The molecule has 0 bridgehead atoms. The van der Waals surface area contributed by atoms with Crippen LogP contribution in [0.15, 0.2) is 18.2 Å². The number of aryl methyl sites for hydroxylation is 1. The van der Waals surface area contributed by atoms with E-state index in [1.165, 1.54) is 18.0 Å². The maximum absolute atomic E-state index is 11.7. The fraction of sp³-hybridized carbons (Fsp3) is 0.417. The van der Waals surface area contributed by atoms with Crippen molar-refractivity contribution >= 4 is 38.9 Å². The van der Waals surface area contributed by atoms with E-state index in [1.54, 1.807) is 12.1 Å². The Morgan fingerprint density at radius 3 is 2.74 bits per heavy atom. The molecule has 1 amide bonds. The first-order valence-corrected chi connectivity index (χ1v) is 8.91. The normalized spacial score (nSPS) is 11.3. The lowest BCUT2D eigenvalue weighted by atomic mass is 10.2. The van der Waals surface area contributed by atoms with Crippen LogP contribution in [0.5, 0.6) is 0 Å². The Labute approximate surface area is 117 Å². The van der Waals surface area contributed by atoms with E-state index in [4.69, 9.17) is 5.73 Å². The van der Waals surface area contributed by atoms with Crippen LogP contribution in [0.25, 0.3) is 0 Å². The number of amides is 1. The molecule has 0 unspecified atom stereocenters. The molecule has 7 heteroatoms. The second-order valence-corrected chi connectivity index (χ2v) is 7.67. The third-order valence-corrected chi connectivity index (χ3v) is 4.53. The van der Waals surface area contributed by atoms with Gasteiger partial charge in [-0.05, 0) is 24.6 Å². The third kappa shape index (κ3) is 6.49. The first-order valence-electron chi connectivity index (χ1n) is 5.69. The molecular weight excluding hydrogens is 284 g/mol. The molecule has 3 N–H and O–H groups in total.